The Labute approximate surface area is 227 Å². The van der Waals surface area contributed by atoms with Crippen molar-refractivity contribution in [2.24, 2.45) is 0 Å². The molecule has 1 aliphatic heterocycles. The summed E-state index contributed by atoms with van der Waals surface area (Å²) in [5, 5.41) is 2.04. The van der Waals surface area contributed by atoms with Crippen molar-refractivity contribution in [2.45, 2.75) is 45.1 Å². The summed E-state index contributed by atoms with van der Waals surface area (Å²) in [6.07, 6.45) is 2.16. The fraction of sp³-hybridized carbons (Fsp3) is 0.393. The summed E-state index contributed by atoms with van der Waals surface area (Å²) in [5.41, 5.74) is 5.78. The number of aromatic amines is 1. The van der Waals surface area contributed by atoms with Gasteiger partial charge in [-0.25, -0.2) is 4.98 Å². The zero-order valence-corrected chi connectivity index (χ0v) is 23.0. The Balaban J connectivity index is 1.36. The first-order valence-electron chi connectivity index (χ1n) is 12.5. The van der Waals surface area contributed by atoms with Crippen molar-refractivity contribution < 1.29 is 9.47 Å². The summed E-state index contributed by atoms with van der Waals surface area (Å²) in [7, 11) is 3.21. The van der Waals surface area contributed by atoms with Crippen molar-refractivity contribution in [1.82, 2.24) is 24.8 Å². The molecule has 0 amide bonds. The second kappa shape index (κ2) is 10.9. The van der Waals surface area contributed by atoms with Gasteiger partial charge in [0.2, 0.25) is 11.8 Å². The van der Waals surface area contributed by atoms with E-state index in [1.165, 1.54) is 16.5 Å². The fourth-order valence-electron chi connectivity index (χ4n) is 5.27. The van der Waals surface area contributed by atoms with E-state index in [1.807, 2.05) is 12.1 Å². The zero-order valence-electron chi connectivity index (χ0n) is 21.5. The molecule has 3 aromatic heterocycles. The molecule has 1 aromatic carbocycles. The topological polar surface area (TPSA) is 76.2 Å². The van der Waals surface area contributed by atoms with Crippen LogP contribution in [0.2, 0.25) is 10.3 Å². The minimum Gasteiger partial charge on any atom is -0.481 e. The molecule has 0 aliphatic carbocycles. The molecule has 1 N–H and O–H groups in total. The molecule has 0 saturated carbocycles. The van der Waals surface area contributed by atoms with Crippen LogP contribution in [0.25, 0.3) is 22.2 Å². The number of likely N-dealkylation sites (tertiary alicyclic amines) is 1. The van der Waals surface area contributed by atoms with Gasteiger partial charge in [0.15, 0.2) is 0 Å². The molecule has 4 aromatic rings. The highest BCUT2D eigenvalue weighted by molar-refractivity contribution is 6.32. The molecule has 37 heavy (non-hydrogen) atoms. The van der Waals surface area contributed by atoms with Crippen molar-refractivity contribution >= 4 is 34.1 Å². The molecule has 0 bridgehead atoms. The van der Waals surface area contributed by atoms with E-state index in [0.717, 1.165) is 42.7 Å². The lowest BCUT2D eigenvalue weighted by molar-refractivity contribution is 0.198. The maximum atomic E-state index is 6.22. The molecule has 1 saturated heterocycles. The summed E-state index contributed by atoms with van der Waals surface area (Å²) in [6, 6.07) is 12.3. The van der Waals surface area contributed by atoms with Crippen molar-refractivity contribution in [3.8, 4) is 23.0 Å². The van der Waals surface area contributed by atoms with Gasteiger partial charge in [-0.3, -0.25) is 4.90 Å². The van der Waals surface area contributed by atoms with Gasteiger partial charge in [0.25, 0.3) is 0 Å². The predicted octanol–water partition coefficient (Wildman–Crippen LogP) is 6.85. The number of nitrogens with zero attached hydrogens (tertiary/aromatic N) is 4. The van der Waals surface area contributed by atoms with Crippen LogP contribution in [0.15, 0.2) is 36.4 Å². The molecule has 4 heterocycles. The van der Waals surface area contributed by atoms with Gasteiger partial charge >= 0.3 is 0 Å². The van der Waals surface area contributed by atoms with E-state index in [2.05, 4.69) is 56.9 Å². The molecule has 7 nitrogen and oxygen atoms in total. The minimum atomic E-state index is 0.325. The molecule has 0 atom stereocenters. The van der Waals surface area contributed by atoms with Crippen LogP contribution < -0.4 is 9.47 Å². The predicted molar refractivity (Wildman–Crippen MR) is 148 cm³/mol. The van der Waals surface area contributed by atoms with E-state index < -0.39 is 0 Å². The fourth-order valence-corrected chi connectivity index (χ4v) is 5.74. The van der Waals surface area contributed by atoms with Crippen LogP contribution in [-0.4, -0.2) is 52.1 Å². The summed E-state index contributed by atoms with van der Waals surface area (Å²) >= 11 is 12.4. The van der Waals surface area contributed by atoms with Crippen LogP contribution in [0.1, 0.15) is 55.5 Å². The SMILES string of the molecule is COc1cc(OC)nc(CN2CCC(c3ccc4[nH]c(-c5cc(Cl)nc(Cl)c5)c(C(C)C)c4c3)CC2)n1. The number of H-pyrrole nitrogens is 1. The van der Waals surface area contributed by atoms with Crippen molar-refractivity contribution in [3.05, 3.63) is 63.7 Å². The first kappa shape index (κ1) is 25.8. The number of hydrogen-bond donors (Lipinski definition) is 1. The Kier molecular flexibility index (Phi) is 7.56. The first-order chi connectivity index (χ1) is 17.8. The lowest BCUT2D eigenvalue weighted by atomic mass is 9.87. The van der Waals surface area contributed by atoms with Crippen molar-refractivity contribution in [3.63, 3.8) is 0 Å². The largest absolute Gasteiger partial charge is 0.481 e. The number of fused-ring (bicyclic) bond motifs is 1. The minimum absolute atomic E-state index is 0.325. The summed E-state index contributed by atoms with van der Waals surface area (Å²) < 4.78 is 10.6. The van der Waals surface area contributed by atoms with E-state index >= 15 is 0 Å². The number of rotatable bonds is 7. The average Bonchev–Trinajstić information content (AvgIpc) is 3.27. The third-order valence-corrected chi connectivity index (χ3v) is 7.45. The summed E-state index contributed by atoms with van der Waals surface area (Å²) in [5.74, 6) is 2.59. The Morgan fingerprint density at radius 1 is 0.946 bits per heavy atom. The van der Waals surface area contributed by atoms with Crippen LogP contribution in [-0.2, 0) is 6.54 Å². The molecule has 9 heteroatoms. The summed E-state index contributed by atoms with van der Waals surface area (Å²) in [4.78, 5) is 19.1. The molecule has 1 fully saturated rings. The van der Waals surface area contributed by atoms with E-state index in [0.29, 0.717) is 46.3 Å². The number of benzene rings is 1. The van der Waals surface area contributed by atoms with Gasteiger partial charge in [-0.1, -0.05) is 43.1 Å². The smallest absolute Gasteiger partial charge is 0.220 e. The molecule has 5 rings (SSSR count). The van der Waals surface area contributed by atoms with Gasteiger partial charge in [-0.05, 0) is 73.2 Å². The molecule has 194 valence electrons. The Morgan fingerprint density at radius 2 is 1.59 bits per heavy atom. The highest BCUT2D eigenvalue weighted by atomic mass is 35.5. The van der Waals surface area contributed by atoms with Gasteiger partial charge in [0, 0.05) is 16.5 Å². The number of methoxy groups -OCH3 is 2. The number of aromatic nitrogens is 4. The average molecular weight is 540 g/mol. The Hall–Kier alpha value is -2.87. The number of hydrogen-bond acceptors (Lipinski definition) is 6. The number of halogens is 2. The molecular formula is C28H31Cl2N5O2. The maximum Gasteiger partial charge on any atom is 0.220 e. The van der Waals surface area contributed by atoms with Crippen molar-refractivity contribution in [2.75, 3.05) is 27.3 Å². The van der Waals surface area contributed by atoms with Gasteiger partial charge < -0.3 is 14.5 Å². The van der Waals surface area contributed by atoms with E-state index in [-0.39, 0.29) is 0 Å². The summed E-state index contributed by atoms with van der Waals surface area (Å²) in [6.45, 7) is 7.08. The Bertz CT molecular complexity index is 1370. The standard InChI is InChI=1S/C28H31Cl2N5O2/c1-16(2)27-20-11-18(5-6-21(20)31-28(27)19-12-22(29)32-23(30)13-19)17-7-9-35(10-8-17)15-24-33-25(36-3)14-26(34-24)37-4/h5-6,11-14,16-17,31H,7-10,15H2,1-4H3. The van der Waals surface area contributed by atoms with Gasteiger partial charge in [-0.15, -0.1) is 0 Å². The number of piperidine rings is 1. The lowest BCUT2D eigenvalue weighted by Gasteiger charge is -2.31. The molecule has 1 aliphatic rings. The van der Waals surface area contributed by atoms with Crippen LogP contribution in [0, 0.1) is 0 Å². The second-order valence-electron chi connectivity index (χ2n) is 9.79. The Morgan fingerprint density at radius 3 is 2.19 bits per heavy atom. The molecule has 0 unspecified atom stereocenters. The first-order valence-corrected chi connectivity index (χ1v) is 13.3. The second-order valence-corrected chi connectivity index (χ2v) is 10.6. The maximum absolute atomic E-state index is 6.22. The van der Waals surface area contributed by atoms with Gasteiger partial charge in [0.05, 0.1) is 32.5 Å². The van der Waals surface area contributed by atoms with Crippen LogP contribution >= 0.6 is 23.2 Å². The van der Waals surface area contributed by atoms with Gasteiger partial charge in [0.1, 0.15) is 16.1 Å². The third-order valence-electron chi connectivity index (χ3n) is 7.06. The molecule has 0 radical (unpaired) electrons. The highest BCUT2D eigenvalue weighted by Gasteiger charge is 2.24. The lowest BCUT2D eigenvalue weighted by Crippen LogP contribution is -2.33. The molecule has 0 spiro atoms. The third kappa shape index (κ3) is 5.54. The van der Waals surface area contributed by atoms with Crippen LogP contribution in [0.5, 0.6) is 11.8 Å². The molecular weight excluding hydrogens is 509 g/mol. The van der Waals surface area contributed by atoms with Crippen LogP contribution in [0.3, 0.4) is 0 Å². The highest BCUT2D eigenvalue weighted by Crippen LogP contribution is 2.39. The van der Waals surface area contributed by atoms with Crippen molar-refractivity contribution in [1.29, 1.82) is 0 Å². The number of pyridine rings is 1. The number of ether oxygens (including phenoxy) is 2. The zero-order chi connectivity index (χ0) is 26.1. The number of nitrogens with one attached hydrogen (secondary N) is 1. The van der Waals surface area contributed by atoms with E-state index in [4.69, 9.17) is 32.7 Å². The quantitative estimate of drug-likeness (QED) is 0.259. The van der Waals surface area contributed by atoms with Gasteiger partial charge in [-0.2, -0.15) is 9.97 Å². The van der Waals surface area contributed by atoms with E-state index in [9.17, 15) is 0 Å². The normalized spacial score (nSPS) is 15.0. The monoisotopic (exact) mass is 539 g/mol. The van der Waals surface area contributed by atoms with E-state index in [1.54, 1.807) is 20.3 Å². The van der Waals surface area contributed by atoms with Crippen LogP contribution in [0.4, 0.5) is 0 Å².